The Hall–Kier alpha value is -2.67. The third kappa shape index (κ3) is 5.65. The summed E-state index contributed by atoms with van der Waals surface area (Å²) >= 11 is 7.74. The van der Waals surface area contributed by atoms with Gasteiger partial charge in [-0.1, -0.05) is 18.5 Å². The Balaban J connectivity index is 1.65. The first-order valence-corrected chi connectivity index (χ1v) is 15.1. The average molecular weight is 591 g/mol. The number of anilines is 1. The zero-order valence-corrected chi connectivity index (χ0v) is 23.5. The molecule has 2 atom stereocenters. The molecule has 0 aliphatic heterocycles. The first-order chi connectivity index (χ1) is 18.5. The van der Waals surface area contributed by atoms with Gasteiger partial charge in [-0.3, -0.25) is 4.98 Å². The molecule has 2 unspecified atom stereocenters. The van der Waals surface area contributed by atoms with Crippen molar-refractivity contribution in [2.75, 3.05) is 18.9 Å². The van der Waals surface area contributed by atoms with Crippen molar-refractivity contribution in [2.45, 2.75) is 42.9 Å². The van der Waals surface area contributed by atoms with Gasteiger partial charge >= 0.3 is 0 Å². The summed E-state index contributed by atoms with van der Waals surface area (Å²) in [6, 6.07) is 10.2. The number of nitrogens with two attached hydrogens (primary N) is 1. The normalized spacial score (nSPS) is 16.3. The van der Waals surface area contributed by atoms with Crippen LogP contribution in [0.4, 0.5) is 10.2 Å². The lowest BCUT2D eigenvalue weighted by Gasteiger charge is -2.27. The summed E-state index contributed by atoms with van der Waals surface area (Å²) in [6.45, 7) is 1.55. The Morgan fingerprint density at radius 3 is 2.69 bits per heavy atom. The van der Waals surface area contributed by atoms with Gasteiger partial charge in [0.1, 0.15) is 11.6 Å². The van der Waals surface area contributed by atoms with Gasteiger partial charge in [0, 0.05) is 33.4 Å². The molecule has 0 amide bonds. The highest BCUT2D eigenvalue weighted by Crippen LogP contribution is 2.42. The second-order valence-corrected chi connectivity index (χ2v) is 13.5. The highest BCUT2D eigenvalue weighted by Gasteiger charge is 2.39. The van der Waals surface area contributed by atoms with Crippen LogP contribution in [-0.2, 0) is 15.4 Å². The maximum absolute atomic E-state index is 14.9. The number of nitrogen functional groups attached to an aromatic ring is 1. The molecule has 8 nitrogen and oxygen atoms in total. The van der Waals surface area contributed by atoms with Crippen LogP contribution in [0.2, 0.25) is 5.02 Å². The van der Waals surface area contributed by atoms with E-state index in [2.05, 4.69) is 14.7 Å². The molecular formula is C27H28ClFN4O4S2. The zero-order chi connectivity index (χ0) is 27.9. The predicted octanol–water partition coefficient (Wildman–Crippen LogP) is 4.54. The lowest BCUT2D eigenvalue weighted by atomic mass is 9.80. The van der Waals surface area contributed by atoms with Crippen molar-refractivity contribution < 1.29 is 23.0 Å². The largest absolute Gasteiger partial charge is 0.396 e. The maximum Gasteiger partial charge on any atom is 0.215 e. The minimum Gasteiger partial charge on any atom is -0.396 e. The molecule has 0 saturated heterocycles. The van der Waals surface area contributed by atoms with Crippen molar-refractivity contribution in [3.05, 3.63) is 75.6 Å². The standard InChI is InChI=1S/C27H28ClFN4O4S2/c1-27(14-35,7-9-34)16-6-8-31-21(12-16)19-13-17(29)10-15-11-22(38-26(15)19)25(33-39(36,37)18-2-3-18)24-20(28)4-5-23(30)32-24/h4-6,8,10-13,18,25,33-35H,2-3,7,9,14H2,1H3,(H2,30,32). The second kappa shape index (κ2) is 10.7. The van der Waals surface area contributed by atoms with E-state index >= 15 is 0 Å². The fourth-order valence-corrected chi connectivity index (χ4v) is 7.57. The number of rotatable bonds is 10. The summed E-state index contributed by atoms with van der Waals surface area (Å²) in [4.78, 5) is 9.38. The Bertz CT molecular complexity index is 1640. The Morgan fingerprint density at radius 2 is 2.00 bits per heavy atom. The van der Waals surface area contributed by atoms with Crippen LogP contribution in [0.1, 0.15) is 48.4 Å². The van der Waals surface area contributed by atoms with Gasteiger partial charge in [0.05, 0.1) is 34.3 Å². The highest BCUT2D eigenvalue weighted by molar-refractivity contribution is 7.90. The van der Waals surface area contributed by atoms with Crippen LogP contribution >= 0.6 is 22.9 Å². The monoisotopic (exact) mass is 590 g/mol. The van der Waals surface area contributed by atoms with E-state index in [0.717, 1.165) is 5.56 Å². The SMILES string of the molecule is CC(CO)(CCO)c1ccnc(-c2cc(F)cc3cc(C(NS(=O)(=O)C4CC4)c4nc(N)ccc4Cl)sc23)c1. The van der Waals surface area contributed by atoms with E-state index in [4.69, 9.17) is 17.3 Å². The van der Waals surface area contributed by atoms with Gasteiger partial charge in [0.2, 0.25) is 10.0 Å². The quantitative estimate of drug-likeness (QED) is 0.213. The molecule has 1 fully saturated rings. The molecule has 0 spiro atoms. The third-order valence-corrected chi connectivity index (χ3v) is 10.5. The summed E-state index contributed by atoms with van der Waals surface area (Å²) < 4.78 is 44.3. The lowest BCUT2D eigenvalue weighted by Crippen LogP contribution is -2.32. The Labute approximate surface area is 234 Å². The van der Waals surface area contributed by atoms with Gasteiger partial charge in [-0.15, -0.1) is 11.3 Å². The molecule has 0 bridgehead atoms. The second-order valence-electron chi connectivity index (χ2n) is 10.0. The topological polar surface area (TPSA) is 138 Å². The van der Waals surface area contributed by atoms with Gasteiger partial charge in [-0.05, 0) is 72.7 Å². The first kappa shape index (κ1) is 27.9. The van der Waals surface area contributed by atoms with E-state index in [9.17, 15) is 23.0 Å². The van der Waals surface area contributed by atoms with Crippen molar-refractivity contribution in [1.82, 2.24) is 14.7 Å². The van der Waals surface area contributed by atoms with E-state index < -0.39 is 32.5 Å². The number of nitrogens with one attached hydrogen (secondary N) is 1. The van der Waals surface area contributed by atoms with Gasteiger partial charge in [-0.25, -0.2) is 22.5 Å². The number of pyridine rings is 2. The molecule has 5 N–H and O–H groups in total. The molecule has 0 radical (unpaired) electrons. The number of thiophene rings is 1. The van der Waals surface area contributed by atoms with Crippen LogP contribution in [0.3, 0.4) is 0 Å². The van der Waals surface area contributed by atoms with Gasteiger partial charge in [-0.2, -0.15) is 0 Å². The predicted molar refractivity (Wildman–Crippen MR) is 152 cm³/mol. The fraction of sp³-hybridized carbons (Fsp3) is 0.333. The summed E-state index contributed by atoms with van der Waals surface area (Å²) in [5, 5.41) is 19.9. The molecule has 39 heavy (non-hydrogen) atoms. The van der Waals surface area contributed by atoms with Crippen LogP contribution in [0.15, 0.2) is 48.7 Å². The molecule has 5 rings (SSSR count). The molecule has 1 aliphatic carbocycles. The minimum atomic E-state index is -3.66. The summed E-state index contributed by atoms with van der Waals surface area (Å²) in [5.74, 6) is -0.293. The van der Waals surface area contributed by atoms with Crippen molar-refractivity contribution in [1.29, 1.82) is 0 Å². The summed E-state index contributed by atoms with van der Waals surface area (Å²) in [7, 11) is -3.66. The number of hydrogen-bond donors (Lipinski definition) is 4. The first-order valence-electron chi connectivity index (χ1n) is 12.4. The minimum absolute atomic E-state index is 0.105. The summed E-state index contributed by atoms with van der Waals surface area (Å²) in [5.41, 5.74) is 7.23. The van der Waals surface area contributed by atoms with E-state index in [1.165, 1.54) is 29.5 Å². The summed E-state index contributed by atoms with van der Waals surface area (Å²) in [6.07, 6.45) is 3.08. The van der Waals surface area contributed by atoms with Crippen LogP contribution in [-0.4, -0.2) is 47.1 Å². The molecule has 3 aromatic heterocycles. The molecule has 12 heteroatoms. The number of hydrogen-bond acceptors (Lipinski definition) is 8. The van der Waals surface area contributed by atoms with Gasteiger partial charge in [0.25, 0.3) is 0 Å². The van der Waals surface area contributed by atoms with Crippen LogP contribution < -0.4 is 10.5 Å². The highest BCUT2D eigenvalue weighted by atomic mass is 35.5. The van der Waals surface area contributed by atoms with Gasteiger partial charge in [0.15, 0.2) is 0 Å². The van der Waals surface area contributed by atoms with Crippen molar-refractivity contribution in [3.8, 4) is 11.3 Å². The fourth-order valence-electron chi connectivity index (χ4n) is 4.55. The smallest absolute Gasteiger partial charge is 0.215 e. The number of aliphatic hydroxyl groups excluding tert-OH is 2. The molecule has 1 aliphatic rings. The van der Waals surface area contributed by atoms with E-state index in [1.807, 2.05) is 6.92 Å². The molecule has 1 aromatic carbocycles. The van der Waals surface area contributed by atoms with Crippen molar-refractivity contribution in [2.24, 2.45) is 0 Å². The number of benzene rings is 1. The average Bonchev–Trinajstić information content (AvgIpc) is 3.69. The Morgan fingerprint density at radius 1 is 1.23 bits per heavy atom. The van der Waals surface area contributed by atoms with E-state index in [1.54, 1.807) is 30.5 Å². The number of sulfonamides is 1. The number of aromatic nitrogens is 2. The van der Waals surface area contributed by atoms with Crippen LogP contribution in [0.25, 0.3) is 21.3 Å². The lowest BCUT2D eigenvalue weighted by molar-refractivity contribution is 0.164. The number of nitrogens with zero attached hydrogens (tertiary/aromatic N) is 2. The molecule has 206 valence electrons. The van der Waals surface area contributed by atoms with Crippen molar-refractivity contribution in [3.63, 3.8) is 0 Å². The third-order valence-electron chi connectivity index (χ3n) is 7.04. The van der Waals surface area contributed by atoms with Crippen LogP contribution in [0.5, 0.6) is 0 Å². The number of fused-ring (bicyclic) bond motifs is 1. The van der Waals surface area contributed by atoms with E-state index in [0.29, 0.717) is 45.5 Å². The molecule has 3 heterocycles. The maximum atomic E-state index is 14.9. The van der Waals surface area contributed by atoms with Crippen LogP contribution in [0, 0.1) is 5.82 Å². The number of aliphatic hydroxyl groups is 2. The van der Waals surface area contributed by atoms with Gasteiger partial charge < -0.3 is 15.9 Å². The molecule has 4 aromatic rings. The zero-order valence-electron chi connectivity index (χ0n) is 21.1. The molecular weight excluding hydrogens is 563 g/mol. The molecule has 1 saturated carbocycles. The Kier molecular flexibility index (Phi) is 7.66. The van der Waals surface area contributed by atoms with Crippen molar-refractivity contribution >= 4 is 48.9 Å². The van der Waals surface area contributed by atoms with E-state index in [-0.39, 0.29) is 29.7 Å². The number of halogens is 2.